The van der Waals surface area contributed by atoms with E-state index in [1.807, 2.05) is 12.1 Å². The fourth-order valence-electron chi connectivity index (χ4n) is 3.45. The van der Waals surface area contributed by atoms with Gasteiger partial charge in [-0.05, 0) is 23.6 Å². The van der Waals surface area contributed by atoms with Gasteiger partial charge >= 0.3 is 0 Å². The Morgan fingerprint density at radius 1 is 1.14 bits per heavy atom. The summed E-state index contributed by atoms with van der Waals surface area (Å²) >= 11 is 0. The number of benzene rings is 1. The maximum absolute atomic E-state index is 10.3. The number of phenols is 1. The zero-order valence-electron chi connectivity index (χ0n) is 15.8. The molecule has 5 N–H and O–H groups in total. The van der Waals surface area contributed by atoms with E-state index in [4.69, 9.17) is 4.74 Å². The van der Waals surface area contributed by atoms with Crippen molar-refractivity contribution in [2.45, 2.75) is 37.4 Å². The van der Waals surface area contributed by atoms with Crippen LogP contribution in [0.1, 0.15) is 24.6 Å². The first-order valence-corrected chi connectivity index (χ1v) is 9.32. The number of nitrogens with zero attached hydrogens (tertiary/aromatic N) is 4. The van der Waals surface area contributed by atoms with Crippen molar-refractivity contribution in [3.63, 3.8) is 0 Å². The number of rotatable bonds is 6. The second-order valence-corrected chi connectivity index (χ2v) is 7.15. The van der Waals surface area contributed by atoms with Crippen LogP contribution in [0.25, 0.3) is 11.2 Å². The molecule has 29 heavy (non-hydrogen) atoms. The summed E-state index contributed by atoms with van der Waals surface area (Å²) < 4.78 is 7.09. The molecule has 1 aliphatic heterocycles. The lowest BCUT2D eigenvalue weighted by molar-refractivity contribution is -0.0511. The molecule has 0 saturated carbocycles. The first-order chi connectivity index (χ1) is 14.0. The topological polar surface area (TPSA) is 146 Å². The highest BCUT2D eigenvalue weighted by atomic mass is 16.6. The number of ether oxygens (including phenoxy) is 1. The summed E-state index contributed by atoms with van der Waals surface area (Å²) in [5, 5.41) is 42.2. The Morgan fingerprint density at radius 3 is 2.59 bits per heavy atom. The Morgan fingerprint density at radius 2 is 1.90 bits per heavy atom. The van der Waals surface area contributed by atoms with Crippen molar-refractivity contribution in [3.8, 4) is 5.75 Å². The molecule has 10 nitrogen and oxygen atoms in total. The van der Waals surface area contributed by atoms with Crippen molar-refractivity contribution in [1.82, 2.24) is 19.5 Å². The van der Waals surface area contributed by atoms with Crippen LogP contribution in [-0.4, -0.2) is 71.4 Å². The van der Waals surface area contributed by atoms with Gasteiger partial charge in [0.25, 0.3) is 0 Å². The molecule has 0 amide bonds. The van der Waals surface area contributed by atoms with Gasteiger partial charge in [-0.15, -0.1) is 0 Å². The maximum atomic E-state index is 10.3. The van der Waals surface area contributed by atoms with E-state index in [1.165, 1.54) is 17.2 Å². The summed E-state index contributed by atoms with van der Waals surface area (Å²) in [6.07, 6.45) is -1.36. The van der Waals surface area contributed by atoms with Crippen LogP contribution < -0.4 is 5.32 Å². The van der Waals surface area contributed by atoms with E-state index in [0.717, 1.165) is 5.56 Å². The normalized spacial score (nSPS) is 25.4. The zero-order chi connectivity index (χ0) is 20.5. The molecule has 4 rings (SSSR count). The van der Waals surface area contributed by atoms with E-state index < -0.39 is 31.1 Å². The first-order valence-electron chi connectivity index (χ1n) is 9.32. The van der Waals surface area contributed by atoms with Gasteiger partial charge in [-0.25, -0.2) is 15.0 Å². The fraction of sp³-hybridized carbons (Fsp3) is 0.421. The van der Waals surface area contributed by atoms with Gasteiger partial charge in [0.1, 0.15) is 30.4 Å². The monoisotopic (exact) mass is 401 g/mol. The number of hydrogen-bond acceptors (Lipinski definition) is 9. The van der Waals surface area contributed by atoms with Crippen molar-refractivity contribution in [1.29, 1.82) is 0 Å². The Balaban J connectivity index is 1.54. The molecule has 5 unspecified atom stereocenters. The van der Waals surface area contributed by atoms with E-state index in [-0.39, 0.29) is 11.7 Å². The summed E-state index contributed by atoms with van der Waals surface area (Å²) in [6, 6.07) is 7.04. The third-order valence-electron chi connectivity index (χ3n) is 5.19. The average Bonchev–Trinajstić information content (AvgIpc) is 3.28. The summed E-state index contributed by atoms with van der Waals surface area (Å²) in [7, 11) is 0. The molecule has 3 aromatic rings. The van der Waals surface area contributed by atoms with E-state index in [1.54, 1.807) is 12.1 Å². The van der Waals surface area contributed by atoms with E-state index in [9.17, 15) is 20.4 Å². The van der Waals surface area contributed by atoms with Crippen LogP contribution in [0.3, 0.4) is 0 Å². The van der Waals surface area contributed by atoms with Crippen LogP contribution in [0.2, 0.25) is 0 Å². The minimum atomic E-state index is -1.22. The summed E-state index contributed by atoms with van der Waals surface area (Å²) in [6.45, 7) is 2.23. The molecule has 2 aromatic heterocycles. The molecular formula is C19H23N5O5. The maximum Gasteiger partial charge on any atom is 0.167 e. The molecule has 0 spiro atoms. The molecule has 5 atom stereocenters. The number of phenolic OH excluding ortho intramolecular Hbond substituents is 1. The molecule has 1 fully saturated rings. The SMILES string of the molecule is CC(CNc1ncnc2c1ncn2C1OC(CO)C(O)C1O)c1ccc(O)cc1. The lowest BCUT2D eigenvalue weighted by Gasteiger charge is -2.17. The Labute approximate surface area is 166 Å². The number of aromatic hydroxyl groups is 1. The smallest absolute Gasteiger partial charge is 0.167 e. The molecule has 154 valence electrons. The highest BCUT2D eigenvalue weighted by Crippen LogP contribution is 2.32. The van der Waals surface area contributed by atoms with Crippen molar-refractivity contribution in [2.24, 2.45) is 0 Å². The van der Waals surface area contributed by atoms with Crippen molar-refractivity contribution in [3.05, 3.63) is 42.5 Å². The van der Waals surface area contributed by atoms with Crippen molar-refractivity contribution in [2.75, 3.05) is 18.5 Å². The molecule has 10 heteroatoms. The Kier molecular flexibility index (Phi) is 5.33. The molecule has 0 aliphatic carbocycles. The number of anilines is 1. The molecule has 1 aromatic carbocycles. The molecule has 1 saturated heterocycles. The van der Waals surface area contributed by atoms with Gasteiger partial charge < -0.3 is 30.5 Å². The Bertz CT molecular complexity index is 979. The molecule has 3 heterocycles. The number of hydrogen-bond donors (Lipinski definition) is 5. The van der Waals surface area contributed by atoms with Crippen LogP contribution in [0.4, 0.5) is 5.82 Å². The zero-order valence-corrected chi connectivity index (χ0v) is 15.8. The highest BCUT2D eigenvalue weighted by Gasteiger charge is 2.44. The standard InChI is InChI=1S/C19H23N5O5/c1-10(11-2-4-12(26)5-3-11)6-20-17-14-18(22-8-21-17)24(9-23-14)19-16(28)15(27)13(7-25)29-19/h2-5,8-10,13,15-16,19,25-28H,6-7H2,1H3,(H,20,21,22). The Hall–Kier alpha value is -2.79. The summed E-state index contributed by atoms with van der Waals surface area (Å²) in [5.74, 6) is 0.913. The van der Waals surface area contributed by atoms with Crippen LogP contribution in [0.15, 0.2) is 36.9 Å². The minimum absolute atomic E-state index is 0.156. The van der Waals surface area contributed by atoms with Gasteiger partial charge in [0, 0.05) is 6.54 Å². The number of fused-ring (bicyclic) bond motifs is 1. The van der Waals surface area contributed by atoms with Gasteiger partial charge in [0.15, 0.2) is 23.2 Å². The van der Waals surface area contributed by atoms with Gasteiger partial charge in [0.2, 0.25) is 0 Å². The predicted octanol–water partition coefficient (Wildman–Crippen LogP) is 0.359. The number of aromatic nitrogens is 4. The second kappa shape index (κ2) is 7.91. The largest absolute Gasteiger partial charge is 0.508 e. The first kappa shape index (κ1) is 19.5. The molecular weight excluding hydrogens is 378 g/mol. The van der Waals surface area contributed by atoms with Crippen molar-refractivity contribution < 1.29 is 25.2 Å². The van der Waals surface area contributed by atoms with Crippen LogP contribution in [0, 0.1) is 0 Å². The van der Waals surface area contributed by atoms with Crippen molar-refractivity contribution >= 4 is 17.0 Å². The minimum Gasteiger partial charge on any atom is -0.508 e. The van der Waals surface area contributed by atoms with E-state index in [2.05, 4.69) is 27.2 Å². The number of nitrogens with one attached hydrogen (secondary N) is 1. The van der Waals surface area contributed by atoms with Crippen LogP contribution in [-0.2, 0) is 4.74 Å². The third kappa shape index (κ3) is 3.62. The second-order valence-electron chi connectivity index (χ2n) is 7.15. The fourth-order valence-corrected chi connectivity index (χ4v) is 3.45. The average molecular weight is 401 g/mol. The lowest BCUT2D eigenvalue weighted by Crippen LogP contribution is -2.33. The van der Waals surface area contributed by atoms with Gasteiger partial charge in [-0.3, -0.25) is 4.57 Å². The van der Waals surface area contributed by atoms with Gasteiger partial charge in [-0.2, -0.15) is 0 Å². The predicted molar refractivity (Wildman–Crippen MR) is 103 cm³/mol. The summed E-state index contributed by atoms with van der Waals surface area (Å²) in [5.41, 5.74) is 2.01. The quantitative estimate of drug-likeness (QED) is 0.395. The number of aliphatic hydroxyl groups is 3. The number of imidazole rings is 1. The third-order valence-corrected chi connectivity index (χ3v) is 5.19. The van der Waals surface area contributed by atoms with Crippen LogP contribution in [0.5, 0.6) is 5.75 Å². The van der Waals surface area contributed by atoms with E-state index >= 15 is 0 Å². The van der Waals surface area contributed by atoms with Gasteiger partial charge in [-0.1, -0.05) is 19.1 Å². The number of aliphatic hydroxyl groups excluding tert-OH is 3. The molecule has 0 bridgehead atoms. The lowest BCUT2D eigenvalue weighted by atomic mass is 10.0. The van der Waals surface area contributed by atoms with Crippen LogP contribution >= 0.6 is 0 Å². The van der Waals surface area contributed by atoms with E-state index in [0.29, 0.717) is 23.5 Å². The molecule has 0 radical (unpaired) electrons. The van der Waals surface area contributed by atoms with Gasteiger partial charge in [0.05, 0.1) is 12.9 Å². The summed E-state index contributed by atoms with van der Waals surface area (Å²) in [4.78, 5) is 12.8. The highest BCUT2D eigenvalue weighted by molar-refractivity contribution is 5.82. The molecule has 1 aliphatic rings.